The number of benzene rings is 1. The van der Waals surface area contributed by atoms with Gasteiger partial charge in [-0.05, 0) is 24.7 Å². The second-order valence-electron chi connectivity index (χ2n) is 4.44. The van der Waals surface area contributed by atoms with Gasteiger partial charge in [-0.2, -0.15) is 0 Å². The van der Waals surface area contributed by atoms with E-state index in [-0.39, 0.29) is 0 Å². The molecule has 3 nitrogen and oxygen atoms in total. The molecule has 1 N–H and O–H groups in total. The molecular formula is C15H19N3. The van der Waals surface area contributed by atoms with Crippen molar-refractivity contribution in [1.82, 2.24) is 9.88 Å². The molecule has 0 atom stereocenters. The highest BCUT2D eigenvalue weighted by molar-refractivity contribution is 5.42. The predicted octanol–water partition coefficient (Wildman–Crippen LogP) is 2.76. The Kier molecular flexibility index (Phi) is 4.31. The Morgan fingerprint density at radius 3 is 2.61 bits per heavy atom. The summed E-state index contributed by atoms with van der Waals surface area (Å²) in [5, 5.41) is 3.13. The summed E-state index contributed by atoms with van der Waals surface area (Å²) in [6.07, 6.45) is 1.84. The molecule has 0 amide bonds. The van der Waals surface area contributed by atoms with Crippen LogP contribution in [0.25, 0.3) is 0 Å². The molecule has 94 valence electrons. The summed E-state index contributed by atoms with van der Waals surface area (Å²) in [6, 6.07) is 14.5. The van der Waals surface area contributed by atoms with E-state index in [0.717, 1.165) is 24.5 Å². The number of pyridine rings is 1. The van der Waals surface area contributed by atoms with Gasteiger partial charge in [-0.3, -0.25) is 9.88 Å². The monoisotopic (exact) mass is 241 g/mol. The van der Waals surface area contributed by atoms with Gasteiger partial charge in [0.15, 0.2) is 0 Å². The fourth-order valence-electron chi connectivity index (χ4n) is 1.95. The van der Waals surface area contributed by atoms with Crippen LogP contribution in [-0.2, 0) is 13.1 Å². The van der Waals surface area contributed by atoms with Crippen molar-refractivity contribution < 1.29 is 0 Å². The van der Waals surface area contributed by atoms with E-state index in [4.69, 9.17) is 0 Å². The Bertz CT molecular complexity index is 482. The van der Waals surface area contributed by atoms with E-state index in [2.05, 4.69) is 52.6 Å². The van der Waals surface area contributed by atoms with Gasteiger partial charge >= 0.3 is 0 Å². The van der Waals surface area contributed by atoms with Crippen LogP contribution in [0.4, 0.5) is 5.69 Å². The van der Waals surface area contributed by atoms with Gasteiger partial charge in [0.05, 0.1) is 5.69 Å². The van der Waals surface area contributed by atoms with Crippen LogP contribution in [-0.4, -0.2) is 24.0 Å². The second kappa shape index (κ2) is 6.17. The minimum Gasteiger partial charge on any atom is -0.388 e. The molecule has 1 aromatic heterocycles. The molecule has 1 aromatic carbocycles. The van der Waals surface area contributed by atoms with E-state index >= 15 is 0 Å². The minimum atomic E-state index is 0.852. The summed E-state index contributed by atoms with van der Waals surface area (Å²) in [4.78, 5) is 6.65. The lowest BCUT2D eigenvalue weighted by Crippen LogP contribution is -2.17. The molecule has 0 radical (unpaired) electrons. The van der Waals surface area contributed by atoms with E-state index in [1.807, 2.05) is 25.4 Å². The summed E-state index contributed by atoms with van der Waals surface area (Å²) < 4.78 is 0. The highest BCUT2D eigenvalue weighted by atomic mass is 15.1. The zero-order valence-electron chi connectivity index (χ0n) is 10.9. The van der Waals surface area contributed by atoms with Crippen LogP contribution < -0.4 is 5.32 Å². The normalized spacial score (nSPS) is 10.6. The Morgan fingerprint density at radius 2 is 1.89 bits per heavy atom. The highest BCUT2D eigenvalue weighted by Crippen LogP contribution is 2.10. The summed E-state index contributed by atoms with van der Waals surface area (Å²) >= 11 is 0. The van der Waals surface area contributed by atoms with Crippen molar-refractivity contribution in [1.29, 1.82) is 0 Å². The molecule has 0 saturated heterocycles. The van der Waals surface area contributed by atoms with Crippen LogP contribution in [0.15, 0.2) is 48.7 Å². The maximum Gasteiger partial charge on any atom is 0.0564 e. The summed E-state index contributed by atoms with van der Waals surface area (Å²) in [5.41, 5.74) is 3.51. The van der Waals surface area contributed by atoms with Crippen molar-refractivity contribution in [3.8, 4) is 0 Å². The van der Waals surface area contributed by atoms with Gasteiger partial charge in [-0.25, -0.2) is 0 Å². The number of rotatable bonds is 5. The van der Waals surface area contributed by atoms with E-state index in [9.17, 15) is 0 Å². The van der Waals surface area contributed by atoms with Crippen molar-refractivity contribution in [3.05, 3.63) is 59.9 Å². The average molecular weight is 241 g/mol. The first kappa shape index (κ1) is 12.6. The molecule has 0 saturated carbocycles. The number of hydrogen-bond donors (Lipinski definition) is 1. The third kappa shape index (κ3) is 3.57. The Balaban J connectivity index is 1.96. The quantitative estimate of drug-likeness (QED) is 0.872. The van der Waals surface area contributed by atoms with Crippen LogP contribution in [0.1, 0.15) is 11.3 Å². The second-order valence-corrected chi connectivity index (χ2v) is 4.44. The topological polar surface area (TPSA) is 28.2 Å². The van der Waals surface area contributed by atoms with Crippen molar-refractivity contribution in [2.75, 3.05) is 19.4 Å². The standard InChI is InChI=1S/C15H19N3/c1-16-14-8-9-17-15(10-14)12-18(2)11-13-6-4-3-5-7-13/h3-10H,11-12H2,1-2H3,(H,16,17). The van der Waals surface area contributed by atoms with E-state index < -0.39 is 0 Å². The fourth-order valence-corrected chi connectivity index (χ4v) is 1.95. The molecule has 2 aromatic rings. The maximum atomic E-state index is 4.39. The number of hydrogen-bond acceptors (Lipinski definition) is 3. The van der Waals surface area contributed by atoms with Gasteiger partial charge in [0.1, 0.15) is 0 Å². The molecule has 3 heteroatoms. The largest absolute Gasteiger partial charge is 0.388 e. The molecule has 0 aliphatic rings. The third-order valence-corrected chi connectivity index (χ3v) is 2.83. The number of nitrogens with one attached hydrogen (secondary N) is 1. The first-order valence-electron chi connectivity index (χ1n) is 6.13. The molecule has 0 spiro atoms. The SMILES string of the molecule is CNc1ccnc(CN(C)Cc2ccccc2)c1. The van der Waals surface area contributed by atoms with Crippen LogP contribution in [0, 0.1) is 0 Å². The highest BCUT2D eigenvalue weighted by Gasteiger charge is 2.03. The van der Waals surface area contributed by atoms with Gasteiger partial charge in [0.2, 0.25) is 0 Å². The van der Waals surface area contributed by atoms with Gasteiger partial charge in [0.25, 0.3) is 0 Å². The average Bonchev–Trinajstić information content (AvgIpc) is 2.40. The first-order chi connectivity index (χ1) is 8.78. The molecule has 0 bridgehead atoms. The van der Waals surface area contributed by atoms with E-state index in [1.165, 1.54) is 5.56 Å². The summed E-state index contributed by atoms with van der Waals surface area (Å²) in [6.45, 7) is 1.79. The van der Waals surface area contributed by atoms with Crippen molar-refractivity contribution >= 4 is 5.69 Å². The van der Waals surface area contributed by atoms with Crippen molar-refractivity contribution in [2.24, 2.45) is 0 Å². The zero-order valence-corrected chi connectivity index (χ0v) is 10.9. The lowest BCUT2D eigenvalue weighted by molar-refractivity contribution is 0.315. The molecule has 0 unspecified atom stereocenters. The summed E-state index contributed by atoms with van der Waals surface area (Å²) in [7, 11) is 4.04. The first-order valence-corrected chi connectivity index (χ1v) is 6.13. The Labute approximate surface area is 108 Å². The molecule has 1 heterocycles. The molecule has 18 heavy (non-hydrogen) atoms. The van der Waals surface area contributed by atoms with Gasteiger partial charge < -0.3 is 5.32 Å². The number of aromatic nitrogens is 1. The van der Waals surface area contributed by atoms with Crippen LogP contribution in [0.3, 0.4) is 0 Å². The van der Waals surface area contributed by atoms with Gasteiger partial charge in [-0.1, -0.05) is 30.3 Å². The smallest absolute Gasteiger partial charge is 0.0564 e. The van der Waals surface area contributed by atoms with Crippen molar-refractivity contribution in [2.45, 2.75) is 13.1 Å². The molecule has 0 fully saturated rings. The van der Waals surface area contributed by atoms with Crippen molar-refractivity contribution in [3.63, 3.8) is 0 Å². The molecular weight excluding hydrogens is 222 g/mol. The molecule has 2 rings (SSSR count). The van der Waals surface area contributed by atoms with Gasteiger partial charge in [-0.15, -0.1) is 0 Å². The van der Waals surface area contributed by atoms with Crippen LogP contribution >= 0.6 is 0 Å². The Hall–Kier alpha value is -1.87. The maximum absolute atomic E-state index is 4.39. The number of nitrogens with zero attached hydrogens (tertiary/aromatic N) is 2. The fraction of sp³-hybridized carbons (Fsp3) is 0.267. The number of anilines is 1. The Morgan fingerprint density at radius 1 is 1.11 bits per heavy atom. The van der Waals surface area contributed by atoms with Crippen LogP contribution in [0.5, 0.6) is 0 Å². The van der Waals surface area contributed by atoms with E-state index in [1.54, 1.807) is 0 Å². The molecule has 0 aliphatic carbocycles. The molecule has 0 aliphatic heterocycles. The van der Waals surface area contributed by atoms with Crippen LogP contribution in [0.2, 0.25) is 0 Å². The summed E-state index contributed by atoms with van der Waals surface area (Å²) in [5.74, 6) is 0. The lowest BCUT2D eigenvalue weighted by atomic mass is 10.2. The lowest BCUT2D eigenvalue weighted by Gasteiger charge is -2.16. The predicted molar refractivity (Wildman–Crippen MR) is 75.4 cm³/mol. The third-order valence-electron chi connectivity index (χ3n) is 2.83. The van der Waals surface area contributed by atoms with E-state index in [0.29, 0.717) is 0 Å². The zero-order chi connectivity index (χ0) is 12.8. The van der Waals surface area contributed by atoms with Gasteiger partial charge in [0, 0.05) is 32.0 Å². The minimum absolute atomic E-state index is 0.852.